The van der Waals surface area contributed by atoms with E-state index in [0.717, 1.165) is 32.0 Å². The maximum Gasteiger partial charge on any atom is 0.220 e. The van der Waals surface area contributed by atoms with Gasteiger partial charge in [0.2, 0.25) is 5.91 Å². The molecule has 1 heterocycles. The van der Waals surface area contributed by atoms with Gasteiger partial charge >= 0.3 is 0 Å². The summed E-state index contributed by atoms with van der Waals surface area (Å²) in [5.74, 6) is 1.51. The van der Waals surface area contributed by atoms with Crippen LogP contribution in [0.5, 0.6) is 0 Å². The number of nitrogens with one attached hydrogen (secondary N) is 2. The van der Waals surface area contributed by atoms with Gasteiger partial charge in [0.15, 0.2) is 0 Å². The second kappa shape index (κ2) is 6.21. The lowest BCUT2D eigenvalue weighted by molar-refractivity contribution is -0.122. The summed E-state index contributed by atoms with van der Waals surface area (Å²) in [7, 11) is 0. The van der Waals surface area contributed by atoms with Gasteiger partial charge < -0.3 is 15.4 Å². The molecule has 0 bridgehead atoms. The maximum atomic E-state index is 11.5. The van der Waals surface area contributed by atoms with Gasteiger partial charge in [-0.15, -0.1) is 0 Å². The van der Waals surface area contributed by atoms with Crippen LogP contribution in [-0.4, -0.2) is 38.8 Å². The van der Waals surface area contributed by atoms with Crippen LogP contribution in [0.3, 0.4) is 0 Å². The van der Waals surface area contributed by atoms with E-state index in [4.69, 9.17) is 4.74 Å². The number of hydrogen-bond donors (Lipinski definition) is 2. The van der Waals surface area contributed by atoms with Gasteiger partial charge in [-0.2, -0.15) is 0 Å². The SMILES string of the molecule is O=C(CC1CCNC1)NCCOCC1CC1. The van der Waals surface area contributed by atoms with E-state index in [0.29, 0.717) is 25.5 Å². The Bertz CT molecular complexity index is 223. The minimum Gasteiger partial charge on any atom is -0.379 e. The summed E-state index contributed by atoms with van der Waals surface area (Å²) in [4.78, 5) is 11.5. The fraction of sp³-hybridized carbons (Fsp3) is 0.917. The Morgan fingerprint density at radius 3 is 2.88 bits per heavy atom. The summed E-state index contributed by atoms with van der Waals surface area (Å²) >= 11 is 0. The zero-order valence-electron chi connectivity index (χ0n) is 9.84. The number of rotatable bonds is 7. The predicted molar refractivity (Wildman–Crippen MR) is 62.1 cm³/mol. The molecule has 1 saturated carbocycles. The average Bonchev–Trinajstić information content (AvgIpc) is 2.95. The Balaban J connectivity index is 1.43. The van der Waals surface area contributed by atoms with E-state index in [1.54, 1.807) is 0 Å². The monoisotopic (exact) mass is 226 g/mol. The minimum absolute atomic E-state index is 0.170. The van der Waals surface area contributed by atoms with Crippen LogP contribution in [0.2, 0.25) is 0 Å². The van der Waals surface area contributed by atoms with Gasteiger partial charge in [-0.3, -0.25) is 4.79 Å². The zero-order valence-corrected chi connectivity index (χ0v) is 9.84. The molecule has 1 aliphatic heterocycles. The van der Waals surface area contributed by atoms with Gasteiger partial charge in [-0.1, -0.05) is 0 Å². The number of carbonyl (C=O) groups excluding carboxylic acids is 1. The summed E-state index contributed by atoms with van der Waals surface area (Å²) in [6.07, 6.45) is 4.43. The van der Waals surface area contributed by atoms with Crippen LogP contribution in [0.15, 0.2) is 0 Å². The molecule has 4 heteroatoms. The third-order valence-corrected chi connectivity index (χ3v) is 3.26. The third-order valence-electron chi connectivity index (χ3n) is 3.26. The Morgan fingerprint density at radius 2 is 2.19 bits per heavy atom. The molecule has 4 nitrogen and oxygen atoms in total. The van der Waals surface area contributed by atoms with Crippen molar-refractivity contribution in [3.05, 3.63) is 0 Å². The Morgan fingerprint density at radius 1 is 1.31 bits per heavy atom. The molecule has 0 radical (unpaired) electrons. The van der Waals surface area contributed by atoms with Crippen LogP contribution in [0.1, 0.15) is 25.7 Å². The molecule has 16 heavy (non-hydrogen) atoms. The van der Waals surface area contributed by atoms with Crippen molar-refractivity contribution in [3.8, 4) is 0 Å². The molecule has 1 unspecified atom stereocenters. The van der Waals surface area contributed by atoms with Gasteiger partial charge in [0.05, 0.1) is 6.61 Å². The third kappa shape index (κ3) is 4.49. The first-order chi connectivity index (χ1) is 7.84. The summed E-state index contributed by atoms with van der Waals surface area (Å²) in [5.41, 5.74) is 0. The molecule has 1 amide bonds. The van der Waals surface area contributed by atoms with Crippen LogP contribution < -0.4 is 10.6 Å². The predicted octanol–water partition coefficient (Wildman–Crippen LogP) is 0.529. The molecule has 2 aliphatic rings. The number of carbonyl (C=O) groups is 1. The zero-order chi connectivity index (χ0) is 11.2. The molecule has 2 fully saturated rings. The van der Waals surface area contributed by atoms with E-state index in [-0.39, 0.29) is 5.91 Å². The average molecular weight is 226 g/mol. The first-order valence-corrected chi connectivity index (χ1v) is 6.40. The minimum atomic E-state index is 0.170. The number of ether oxygens (including phenoxy) is 1. The standard InChI is InChI=1S/C12H22N2O2/c15-12(7-11-3-4-13-8-11)14-5-6-16-9-10-1-2-10/h10-11,13H,1-9H2,(H,14,15). The second-order valence-electron chi connectivity index (χ2n) is 4.93. The topological polar surface area (TPSA) is 50.4 Å². The molecule has 0 aromatic heterocycles. The van der Waals surface area contributed by atoms with E-state index in [2.05, 4.69) is 10.6 Å². The van der Waals surface area contributed by atoms with Crippen LogP contribution in [-0.2, 0) is 9.53 Å². The van der Waals surface area contributed by atoms with Crippen molar-refractivity contribution in [2.75, 3.05) is 32.8 Å². The molecule has 2 N–H and O–H groups in total. The molecule has 1 saturated heterocycles. The highest BCUT2D eigenvalue weighted by atomic mass is 16.5. The lowest BCUT2D eigenvalue weighted by Gasteiger charge is -2.09. The number of amides is 1. The first-order valence-electron chi connectivity index (χ1n) is 6.40. The van der Waals surface area contributed by atoms with Crippen LogP contribution in [0.4, 0.5) is 0 Å². The fourth-order valence-electron chi connectivity index (χ4n) is 2.02. The molecular weight excluding hydrogens is 204 g/mol. The smallest absolute Gasteiger partial charge is 0.220 e. The van der Waals surface area contributed by atoms with Crippen LogP contribution in [0.25, 0.3) is 0 Å². The van der Waals surface area contributed by atoms with Crippen molar-refractivity contribution in [2.24, 2.45) is 11.8 Å². The molecular formula is C12H22N2O2. The summed E-state index contributed by atoms with van der Waals surface area (Å²) in [5, 5.41) is 6.18. The Kier molecular flexibility index (Phi) is 4.60. The van der Waals surface area contributed by atoms with E-state index >= 15 is 0 Å². The summed E-state index contributed by atoms with van der Waals surface area (Å²) in [6, 6.07) is 0. The highest BCUT2D eigenvalue weighted by Crippen LogP contribution is 2.28. The molecule has 1 atom stereocenters. The Hall–Kier alpha value is -0.610. The van der Waals surface area contributed by atoms with E-state index in [9.17, 15) is 4.79 Å². The largest absolute Gasteiger partial charge is 0.379 e. The van der Waals surface area contributed by atoms with Gasteiger partial charge in [-0.25, -0.2) is 0 Å². The fourth-order valence-corrected chi connectivity index (χ4v) is 2.02. The maximum absolute atomic E-state index is 11.5. The van der Waals surface area contributed by atoms with Crippen molar-refractivity contribution in [3.63, 3.8) is 0 Å². The molecule has 0 spiro atoms. The number of hydrogen-bond acceptors (Lipinski definition) is 3. The van der Waals surface area contributed by atoms with Gasteiger partial charge in [0.1, 0.15) is 0 Å². The van der Waals surface area contributed by atoms with E-state index in [1.165, 1.54) is 12.8 Å². The second-order valence-corrected chi connectivity index (χ2v) is 4.93. The van der Waals surface area contributed by atoms with Crippen molar-refractivity contribution in [1.82, 2.24) is 10.6 Å². The highest BCUT2D eigenvalue weighted by Gasteiger charge is 2.21. The quantitative estimate of drug-likeness (QED) is 0.623. The van der Waals surface area contributed by atoms with Gasteiger partial charge in [0.25, 0.3) is 0 Å². The summed E-state index contributed by atoms with van der Waals surface area (Å²) < 4.78 is 5.45. The lowest BCUT2D eigenvalue weighted by atomic mass is 10.0. The van der Waals surface area contributed by atoms with Gasteiger partial charge in [-0.05, 0) is 44.2 Å². The normalized spacial score (nSPS) is 24.6. The molecule has 2 rings (SSSR count). The van der Waals surface area contributed by atoms with Crippen LogP contribution in [0, 0.1) is 11.8 Å². The molecule has 92 valence electrons. The van der Waals surface area contributed by atoms with Crippen molar-refractivity contribution >= 4 is 5.91 Å². The van der Waals surface area contributed by atoms with Crippen molar-refractivity contribution < 1.29 is 9.53 Å². The molecule has 0 aromatic rings. The molecule has 1 aliphatic carbocycles. The van der Waals surface area contributed by atoms with E-state index < -0.39 is 0 Å². The van der Waals surface area contributed by atoms with E-state index in [1.807, 2.05) is 0 Å². The van der Waals surface area contributed by atoms with Crippen molar-refractivity contribution in [2.45, 2.75) is 25.7 Å². The van der Waals surface area contributed by atoms with Gasteiger partial charge in [0, 0.05) is 19.6 Å². The first kappa shape index (κ1) is 11.9. The Labute approximate surface area is 97.1 Å². The molecule has 0 aromatic carbocycles. The lowest BCUT2D eigenvalue weighted by Crippen LogP contribution is -2.29. The highest BCUT2D eigenvalue weighted by molar-refractivity contribution is 5.76. The van der Waals surface area contributed by atoms with Crippen molar-refractivity contribution in [1.29, 1.82) is 0 Å². The van der Waals surface area contributed by atoms with Crippen LogP contribution >= 0.6 is 0 Å². The summed E-state index contributed by atoms with van der Waals surface area (Å²) in [6.45, 7) is 4.24.